The van der Waals surface area contributed by atoms with Crippen LogP contribution < -0.4 is 10.2 Å². The Morgan fingerprint density at radius 2 is 1.96 bits per heavy atom. The van der Waals surface area contributed by atoms with Gasteiger partial charge in [-0.05, 0) is 24.3 Å². The number of aromatic nitrogens is 2. The third-order valence-corrected chi connectivity index (χ3v) is 3.62. The molecule has 1 aromatic heterocycles. The zero-order chi connectivity index (χ0) is 17.9. The highest BCUT2D eigenvalue weighted by Crippen LogP contribution is 2.30. The molecule has 132 valence electrons. The summed E-state index contributed by atoms with van der Waals surface area (Å²) in [6.45, 7) is 2.31. The molecule has 0 bridgehead atoms. The van der Waals surface area contributed by atoms with Crippen molar-refractivity contribution >= 4 is 17.5 Å². The fraction of sp³-hybridized carbons (Fsp3) is 0.312. The molecule has 0 atom stereocenters. The molecular weight excluding hydrogens is 337 g/mol. The first-order valence-electron chi connectivity index (χ1n) is 7.58. The summed E-state index contributed by atoms with van der Waals surface area (Å²) in [6.07, 6.45) is -3.03. The number of ether oxygens (including phenoxy) is 1. The lowest BCUT2D eigenvalue weighted by molar-refractivity contribution is -0.137. The van der Waals surface area contributed by atoms with E-state index in [1.165, 1.54) is 24.4 Å². The smallest absolute Gasteiger partial charge is 0.378 e. The topological polar surface area (TPSA) is 67.4 Å². The van der Waals surface area contributed by atoms with Gasteiger partial charge in [0.05, 0.1) is 18.8 Å². The maximum absolute atomic E-state index is 12.7. The van der Waals surface area contributed by atoms with Crippen molar-refractivity contribution in [3.63, 3.8) is 0 Å². The van der Waals surface area contributed by atoms with Crippen LogP contribution in [0.3, 0.4) is 0 Å². The molecule has 1 amide bonds. The van der Waals surface area contributed by atoms with Gasteiger partial charge in [-0.25, -0.2) is 9.97 Å². The van der Waals surface area contributed by atoms with Crippen LogP contribution >= 0.6 is 0 Å². The average molecular weight is 352 g/mol. The number of hydrogen-bond acceptors (Lipinski definition) is 5. The molecule has 0 spiro atoms. The molecule has 1 aliphatic rings. The standard InChI is InChI=1S/C16H15F3N4O2/c17-16(18,19)11-2-1-3-12(10-11)21-14(24)13-4-5-20-15(22-13)23-6-8-25-9-7-23/h1-5,10H,6-9H2,(H,21,24). The van der Waals surface area contributed by atoms with E-state index in [1.807, 2.05) is 4.90 Å². The number of nitrogens with zero attached hydrogens (tertiary/aromatic N) is 3. The maximum Gasteiger partial charge on any atom is 0.416 e. The molecule has 1 N–H and O–H groups in total. The van der Waals surface area contributed by atoms with Crippen LogP contribution in [0, 0.1) is 0 Å². The number of carbonyl (C=O) groups is 1. The SMILES string of the molecule is O=C(Nc1cccc(C(F)(F)F)c1)c1ccnc(N2CCOCC2)n1. The molecule has 0 unspecified atom stereocenters. The first kappa shape index (κ1) is 17.2. The summed E-state index contributed by atoms with van der Waals surface area (Å²) < 4.78 is 43.5. The van der Waals surface area contributed by atoms with Gasteiger partial charge in [0.15, 0.2) is 0 Å². The summed E-state index contributed by atoms with van der Waals surface area (Å²) in [5, 5.41) is 2.43. The second-order valence-electron chi connectivity index (χ2n) is 5.37. The van der Waals surface area contributed by atoms with Gasteiger partial charge >= 0.3 is 6.18 Å². The number of amides is 1. The molecule has 0 aliphatic carbocycles. The minimum Gasteiger partial charge on any atom is -0.378 e. The predicted molar refractivity (Wildman–Crippen MR) is 84.5 cm³/mol. The minimum atomic E-state index is -4.47. The number of alkyl halides is 3. The average Bonchev–Trinajstić information content (AvgIpc) is 2.62. The normalized spacial score (nSPS) is 15.1. The Labute approximate surface area is 141 Å². The summed E-state index contributed by atoms with van der Waals surface area (Å²) in [7, 11) is 0. The van der Waals surface area contributed by atoms with Gasteiger partial charge in [-0.2, -0.15) is 13.2 Å². The van der Waals surface area contributed by atoms with Gasteiger partial charge in [0, 0.05) is 25.0 Å². The van der Waals surface area contributed by atoms with Crippen LogP contribution in [0.5, 0.6) is 0 Å². The highest BCUT2D eigenvalue weighted by Gasteiger charge is 2.30. The minimum absolute atomic E-state index is 0.0476. The number of halogens is 3. The van der Waals surface area contributed by atoms with Crippen LogP contribution in [-0.2, 0) is 10.9 Å². The molecule has 1 aromatic carbocycles. The second kappa shape index (κ2) is 7.06. The molecule has 2 aromatic rings. The number of hydrogen-bond donors (Lipinski definition) is 1. The molecule has 1 saturated heterocycles. The highest BCUT2D eigenvalue weighted by atomic mass is 19.4. The van der Waals surface area contributed by atoms with E-state index in [9.17, 15) is 18.0 Å². The van der Waals surface area contributed by atoms with Gasteiger partial charge < -0.3 is 15.0 Å². The molecule has 0 radical (unpaired) electrons. The van der Waals surface area contributed by atoms with Crippen molar-refractivity contribution in [2.45, 2.75) is 6.18 Å². The highest BCUT2D eigenvalue weighted by molar-refractivity contribution is 6.03. The van der Waals surface area contributed by atoms with Gasteiger partial charge in [-0.1, -0.05) is 6.07 Å². The Bertz CT molecular complexity index is 761. The molecule has 3 rings (SSSR count). The van der Waals surface area contributed by atoms with E-state index in [0.717, 1.165) is 12.1 Å². The first-order chi connectivity index (χ1) is 11.9. The molecule has 9 heteroatoms. The van der Waals surface area contributed by atoms with Crippen molar-refractivity contribution in [3.8, 4) is 0 Å². The first-order valence-corrected chi connectivity index (χ1v) is 7.58. The monoisotopic (exact) mass is 352 g/mol. The largest absolute Gasteiger partial charge is 0.416 e. The lowest BCUT2D eigenvalue weighted by Crippen LogP contribution is -2.37. The quantitative estimate of drug-likeness (QED) is 0.920. The van der Waals surface area contributed by atoms with E-state index in [-0.39, 0.29) is 11.4 Å². The molecule has 1 fully saturated rings. The number of rotatable bonds is 3. The van der Waals surface area contributed by atoms with Crippen molar-refractivity contribution in [2.24, 2.45) is 0 Å². The van der Waals surface area contributed by atoms with E-state index in [2.05, 4.69) is 15.3 Å². The summed E-state index contributed by atoms with van der Waals surface area (Å²) in [4.78, 5) is 22.5. The van der Waals surface area contributed by atoms with Crippen molar-refractivity contribution < 1.29 is 22.7 Å². The van der Waals surface area contributed by atoms with Crippen LogP contribution in [0.25, 0.3) is 0 Å². The fourth-order valence-corrected chi connectivity index (χ4v) is 2.36. The van der Waals surface area contributed by atoms with Crippen LogP contribution in [0.4, 0.5) is 24.8 Å². The second-order valence-corrected chi connectivity index (χ2v) is 5.37. The van der Waals surface area contributed by atoms with Gasteiger partial charge in [0.25, 0.3) is 5.91 Å². The summed E-state index contributed by atoms with van der Waals surface area (Å²) >= 11 is 0. The number of nitrogens with one attached hydrogen (secondary N) is 1. The van der Waals surface area contributed by atoms with Crippen LogP contribution in [0.2, 0.25) is 0 Å². The van der Waals surface area contributed by atoms with Crippen molar-refractivity contribution in [1.82, 2.24) is 9.97 Å². The van der Waals surface area contributed by atoms with Crippen molar-refractivity contribution in [1.29, 1.82) is 0 Å². The molecular formula is C16H15F3N4O2. The van der Waals surface area contributed by atoms with Gasteiger partial charge in [-0.15, -0.1) is 0 Å². The van der Waals surface area contributed by atoms with E-state index in [1.54, 1.807) is 0 Å². The van der Waals surface area contributed by atoms with E-state index >= 15 is 0 Å². The Morgan fingerprint density at radius 3 is 2.68 bits per heavy atom. The van der Waals surface area contributed by atoms with Gasteiger partial charge in [0.2, 0.25) is 5.95 Å². The lowest BCUT2D eigenvalue weighted by atomic mass is 10.2. The molecule has 25 heavy (non-hydrogen) atoms. The van der Waals surface area contributed by atoms with Gasteiger partial charge in [-0.3, -0.25) is 4.79 Å². The van der Waals surface area contributed by atoms with E-state index in [4.69, 9.17) is 4.74 Å². The van der Waals surface area contributed by atoms with E-state index < -0.39 is 17.6 Å². The number of benzene rings is 1. The molecule has 1 aliphatic heterocycles. The van der Waals surface area contributed by atoms with Crippen LogP contribution in [-0.4, -0.2) is 42.2 Å². The van der Waals surface area contributed by atoms with E-state index in [0.29, 0.717) is 32.3 Å². The number of anilines is 2. The van der Waals surface area contributed by atoms with Crippen LogP contribution in [0.15, 0.2) is 36.5 Å². The van der Waals surface area contributed by atoms with Gasteiger partial charge in [0.1, 0.15) is 5.69 Å². The fourth-order valence-electron chi connectivity index (χ4n) is 2.36. The zero-order valence-electron chi connectivity index (χ0n) is 13.1. The zero-order valence-corrected chi connectivity index (χ0v) is 13.1. The van der Waals surface area contributed by atoms with Crippen molar-refractivity contribution in [2.75, 3.05) is 36.5 Å². The van der Waals surface area contributed by atoms with Crippen LogP contribution in [0.1, 0.15) is 16.1 Å². The molecule has 6 nitrogen and oxygen atoms in total. The third kappa shape index (κ3) is 4.24. The number of carbonyl (C=O) groups excluding carboxylic acids is 1. The van der Waals surface area contributed by atoms with Crippen molar-refractivity contribution in [3.05, 3.63) is 47.8 Å². The Kier molecular flexibility index (Phi) is 4.84. The number of morpholine rings is 1. The summed E-state index contributed by atoms with van der Waals surface area (Å²) in [5.41, 5.74) is -0.706. The summed E-state index contributed by atoms with van der Waals surface area (Å²) in [6, 6.07) is 5.85. The Balaban J connectivity index is 1.75. The molecule has 2 heterocycles. The Morgan fingerprint density at radius 1 is 1.20 bits per heavy atom. The third-order valence-electron chi connectivity index (χ3n) is 3.62. The maximum atomic E-state index is 12.7. The Hall–Kier alpha value is -2.68. The predicted octanol–water partition coefficient (Wildman–Crippen LogP) is 2.58. The summed E-state index contributed by atoms with van der Waals surface area (Å²) in [5.74, 6) is -0.212. The lowest BCUT2D eigenvalue weighted by Gasteiger charge is -2.26. The molecule has 0 saturated carbocycles.